The number of halogens is 1. The summed E-state index contributed by atoms with van der Waals surface area (Å²) in [4.78, 5) is 25.2. The first-order chi connectivity index (χ1) is 14.2. The molecule has 0 spiro atoms. The monoisotopic (exact) mass is 437 g/mol. The lowest BCUT2D eigenvalue weighted by Gasteiger charge is -2.28. The number of benzene rings is 2. The summed E-state index contributed by atoms with van der Waals surface area (Å²) in [5.74, 6) is -1.93. The zero-order chi connectivity index (χ0) is 22.3. The van der Waals surface area contributed by atoms with E-state index in [9.17, 15) is 22.4 Å². The van der Waals surface area contributed by atoms with Crippen LogP contribution in [0.15, 0.2) is 48.5 Å². The van der Waals surface area contributed by atoms with Crippen LogP contribution in [0.25, 0.3) is 0 Å². The van der Waals surface area contributed by atoms with E-state index < -0.39 is 33.7 Å². The molecular weight excluding hydrogens is 413 g/mol. The summed E-state index contributed by atoms with van der Waals surface area (Å²) in [7, 11) is -2.47. The highest BCUT2D eigenvalue weighted by Crippen LogP contribution is 2.25. The Morgan fingerprint density at radius 1 is 1.13 bits per heavy atom. The van der Waals surface area contributed by atoms with Gasteiger partial charge >= 0.3 is 0 Å². The van der Waals surface area contributed by atoms with Gasteiger partial charge in [0.25, 0.3) is 5.91 Å². The predicted molar refractivity (Wildman–Crippen MR) is 112 cm³/mol. The fourth-order valence-corrected chi connectivity index (χ4v) is 3.98. The van der Waals surface area contributed by atoms with Gasteiger partial charge in [-0.3, -0.25) is 13.9 Å². The number of sulfonamides is 1. The van der Waals surface area contributed by atoms with Gasteiger partial charge in [0.05, 0.1) is 29.8 Å². The van der Waals surface area contributed by atoms with Gasteiger partial charge in [0, 0.05) is 13.7 Å². The van der Waals surface area contributed by atoms with Crippen molar-refractivity contribution >= 4 is 33.2 Å². The first-order valence-corrected chi connectivity index (χ1v) is 10.9. The topological polar surface area (TPSA) is 105 Å². The Morgan fingerprint density at radius 3 is 2.40 bits per heavy atom. The molecule has 162 valence electrons. The average Bonchev–Trinajstić information content (AvgIpc) is 2.69. The molecule has 0 saturated carbocycles. The second-order valence-electron chi connectivity index (χ2n) is 6.47. The molecule has 2 aromatic carbocycles. The van der Waals surface area contributed by atoms with Crippen LogP contribution >= 0.6 is 0 Å². The Bertz CT molecular complexity index is 1010. The van der Waals surface area contributed by atoms with Crippen LogP contribution in [0.1, 0.15) is 17.3 Å². The van der Waals surface area contributed by atoms with Gasteiger partial charge in [-0.05, 0) is 31.2 Å². The summed E-state index contributed by atoms with van der Waals surface area (Å²) < 4.78 is 44.4. The van der Waals surface area contributed by atoms with Gasteiger partial charge < -0.3 is 15.4 Å². The van der Waals surface area contributed by atoms with E-state index in [0.29, 0.717) is 10.9 Å². The highest BCUT2D eigenvalue weighted by Gasteiger charge is 2.31. The Morgan fingerprint density at radius 2 is 1.77 bits per heavy atom. The SMILES string of the molecule is COCCNC(=O)c1ccccc1NC(=O)[C@H](C)N(c1ccccc1F)S(C)(=O)=O. The van der Waals surface area contributed by atoms with E-state index >= 15 is 0 Å². The minimum Gasteiger partial charge on any atom is -0.383 e. The fraction of sp³-hybridized carbons (Fsp3) is 0.300. The number of carbonyl (C=O) groups excluding carboxylic acids is 2. The van der Waals surface area contributed by atoms with E-state index in [-0.39, 0.29) is 23.5 Å². The maximum Gasteiger partial charge on any atom is 0.253 e. The van der Waals surface area contributed by atoms with Crippen molar-refractivity contribution in [3.63, 3.8) is 0 Å². The molecule has 0 unspecified atom stereocenters. The summed E-state index contributed by atoms with van der Waals surface area (Å²) >= 11 is 0. The lowest BCUT2D eigenvalue weighted by atomic mass is 10.1. The number of carbonyl (C=O) groups is 2. The van der Waals surface area contributed by atoms with Crippen LogP contribution in [-0.4, -0.2) is 52.8 Å². The number of rotatable bonds is 9. The molecule has 0 bridgehead atoms. The molecule has 2 aromatic rings. The second kappa shape index (κ2) is 10.2. The Kier molecular flexibility index (Phi) is 7.90. The molecule has 0 aromatic heterocycles. The van der Waals surface area contributed by atoms with Gasteiger partial charge in [-0.15, -0.1) is 0 Å². The van der Waals surface area contributed by atoms with Crippen molar-refractivity contribution in [1.29, 1.82) is 0 Å². The third-order valence-corrected chi connectivity index (χ3v) is 5.43. The molecule has 0 fully saturated rings. The molecule has 0 radical (unpaired) electrons. The van der Waals surface area contributed by atoms with Crippen molar-refractivity contribution in [1.82, 2.24) is 5.32 Å². The zero-order valence-electron chi connectivity index (χ0n) is 16.9. The van der Waals surface area contributed by atoms with Gasteiger partial charge in [-0.1, -0.05) is 24.3 Å². The molecular formula is C20H24FN3O5S. The minimum absolute atomic E-state index is 0.200. The summed E-state index contributed by atoms with van der Waals surface area (Å²) in [6.07, 6.45) is 0.889. The number of anilines is 2. The second-order valence-corrected chi connectivity index (χ2v) is 8.33. The molecule has 0 heterocycles. The van der Waals surface area contributed by atoms with Gasteiger partial charge in [-0.2, -0.15) is 0 Å². The minimum atomic E-state index is -3.98. The van der Waals surface area contributed by atoms with E-state index in [1.165, 1.54) is 44.4 Å². The third-order valence-electron chi connectivity index (χ3n) is 4.20. The van der Waals surface area contributed by atoms with Gasteiger partial charge in [0.2, 0.25) is 15.9 Å². The van der Waals surface area contributed by atoms with Crippen LogP contribution in [0.5, 0.6) is 0 Å². The van der Waals surface area contributed by atoms with Crippen LogP contribution in [0.2, 0.25) is 0 Å². The summed E-state index contributed by atoms with van der Waals surface area (Å²) in [5.41, 5.74) is 0.158. The molecule has 0 aliphatic heterocycles. The Labute approximate surface area is 175 Å². The largest absolute Gasteiger partial charge is 0.383 e. The predicted octanol–water partition coefficient (Wildman–Crippen LogP) is 2.00. The summed E-state index contributed by atoms with van der Waals surface area (Å²) in [5, 5.41) is 5.22. The van der Waals surface area contributed by atoms with Gasteiger partial charge in [0.15, 0.2) is 0 Å². The van der Waals surface area contributed by atoms with E-state index in [0.717, 1.165) is 12.3 Å². The smallest absolute Gasteiger partial charge is 0.253 e. The maximum atomic E-state index is 14.2. The number of nitrogens with one attached hydrogen (secondary N) is 2. The molecule has 2 amide bonds. The summed E-state index contributed by atoms with van der Waals surface area (Å²) in [6.45, 7) is 1.94. The van der Waals surface area contributed by atoms with Crippen LogP contribution in [0.3, 0.4) is 0 Å². The number of methoxy groups -OCH3 is 1. The van der Waals surface area contributed by atoms with E-state index in [4.69, 9.17) is 4.74 Å². The first kappa shape index (κ1) is 23.3. The molecule has 1 atom stereocenters. The van der Waals surface area contributed by atoms with Crippen LogP contribution in [0.4, 0.5) is 15.8 Å². The lowest BCUT2D eigenvalue weighted by Crippen LogP contribution is -2.46. The highest BCUT2D eigenvalue weighted by molar-refractivity contribution is 7.92. The van der Waals surface area contributed by atoms with Crippen molar-refractivity contribution in [3.8, 4) is 0 Å². The molecule has 2 N–H and O–H groups in total. The molecule has 0 aliphatic rings. The number of para-hydroxylation sites is 2. The summed E-state index contributed by atoms with van der Waals surface area (Å²) in [6, 6.07) is 10.3. The number of hydrogen-bond donors (Lipinski definition) is 2. The lowest BCUT2D eigenvalue weighted by molar-refractivity contribution is -0.116. The molecule has 0 aliphatic carbocycles. The maximum absolute atomic E-state index is 14.2. The third kappa shape index (κ3) is 5.77. The molecule has 2 rings (SSSR count). The standard InChI is InChI=1S/C20H24FN3O5S/c1-14(24(30(3,27)28)18-11-7-5-9-16(18)21)19(25)23-17-10-6-4-8-15(17)20(26)22-12-13-29-2/h4-11,14H,12-13H2,1-3H3,(H,22,26)(H,23,25)/t14-/m0/s1. The molecule has 10 heteroatoms. The van der Waals surface area contributed by atoms with Crippen molar-refractivity contribution in [2.24, 2.45) is 0 Å². The van der Waals surface area contributed by atoms with Crippen LogP contribution < -0.4 is 14.9 Å². The van der Waals surface area contributed by atoms with E-state index in [1.807, 2.05) is 0 Å². The van der Waals surface area contributed by atoms with Crippen molar-refractivity contribution < 1.29 is 27.1 Å². The molecule has 30 heavy (non-hydrogen) atoms. The Hall–Kier alpha value is -2.98. The first-order valence-electron chi connectivity index (χ1n) is 9.07. The Balaban J connectivity index is 2.28. The van der Waals surface area contributed by atoms with Gasteiger partial charge in [0.1, 0.15) is 11.9 Å². The quantitative estimate of drug-likeness (QED) is 0.584. The fourth-order valence-electron chi connectivity index (χ4n) is 2.80. The number of ether oxygens (including phenoxy) is 1. The van der Waals surface area contributed by atoms with Crippen molar-refractivity contribution in [2.75, 3.05) is 36.1 Å². The molecule has 8 nitrogen and oxygen atoms in total. The number of hydrogen-bond acceptors (Lipinski definition) is 5. The average molecular weight is 437 g/mol. The van der Waals surface area contributed by atoms with E-state index in [1.54, 1.807) is 12.1 Å². The highest BCUT2D eigenvalue weighted by atomic mass is 32.2. The number of nitrogens with zero attached hydrogens (tertiary/aromatic N) is 1. The molecule has 0 saturated heterocycles. The van der Waals surface area contributed by atoms with Crippen LogP contribution in [-0.2, 0) is 19.6 Å². The van der Waals surface area contributed by atoms with Crippen molar-refractivity contribution in [2.45, 2.75) is 13.0 Å². The van der Waals surface area contributed by atoms with E-state index in [2.05, 4.69) is 10.6 Å². The van der Waals surface area contributed by atoms with Crippen LogP contribution in [0, 0.1) is 5.82 Å². The zero-order valence-corrected chi connectivity index (χ0v) is 17.7. The normalized spacial score (nSPS) is 12.1. The number of amides is 2. The van der Waals surface area contributed by atoms with Crippen molar-refractivity contribution in [3.05, 3.63) is 59.9 Å². The van der Waals surface area contributed by atoms with Gasteiger partial charge in [-0.25, -0.2) is 12.8 Å².